The molecule has 114 valence electrons. The minimum Gasteiger partial charge on any atom is -0.310 e. The summed E-state index contributed by atoms with van der Waals surface area (Å²) in [6.45, 7) is 0.513. The molecule has 0 spiro atoms. The van der Waals surface area contributed by atoms with E-state index in [0.717, 1.165) is 5.69 Å². The third-order valence-corrected chi connectivity index (χ3v) is 5.49. The van der Waals surface area contributed by atoms with E-state index in [-0.39, 0.29) is 23.9 Å². The van der Waals surface area contributed by atoms with Gasteiger partial charge in [-0.25, -0.2) is 8.42 Å². The molecule has 2 aromatic rings. The molecule has 0 aromatic heterocycles. The summed E-state index contributed by atoms with van der Waals surface area (Å²) >= 11 is 0. The molecule has 0 bridgehead atoms. The number of rotatable bonds is 3. The fraction of sp³-hybridized carbons (Fsp3) is 0.188. The maximum atomic E-state index is 12.5. The maximum absolute atomic E-state index is 12.5. The Balaban J connectivity index is 1.80. The maximum Gasteiger partial charge on any atom is 0.243 e. The van der Waals surface area contributed by atoms with Crippen LogP contribution in [-0.2, 0) is 14.8 Å². The lowest BCUT2D eigenvalue weighted by molar-refractivity contribution is -0.119. The Bertz CT molecular complexity index is 760. The third-order valence-electron chi connectivity index (χ3n) is 3.63. The summed E-state index contributed by atoms with van der Waals surface area (Å²) in [4.78, 5) is 14.1. The minimum absolute atomic E-state index is 0.133. The molecule has 0 aliphatic carbocycles. The van der Waals surface area contributed by atoms with Gasteiger partial charge < -0.3 is 4.90 Å². The molecule has 5 nitrogen and oxygen atoms in total. The monoisotopic (exact) mass is 316 g/mol. The highest BCUT2D eigenvalue weighted by Gasteiger charge is 2.33. The van der Waals surface area contributed by atoms with Crippen LogP contribution in [0.2, 0.25) is 0 Å². The molecule has 1 aliphatic heterocycles. The van der Waals surface area contributed by atoms with Crippen molar-refractivity contribution in [2.75, 3.05) is 24.5 Å². The van der Waals surface area contributed by atoms with Gasteiger partial charge in [0.05, 0.1) is 11.4 Å². The Morgan fingerprint density at radius 2 is 1.41 bits per heavy atom. The van der Waals surface area contributed by atoms with Crippen LogP contribution in [0.3, 0.4) is 0 Å². The van der Waals surface area contributed by atoms with Crippen LogP contribution in [0.4, 0.5) is 5.69 Å². The van der Waals surface area contributed by atoms with Crippen molar-refractivity contribution in [1.29, 1.82) is 0 Å². The fourth-order valence-corrected chi connectivity index (χ4v) is 3.88. The first-order valence-corrected chi connectivity index (χ1v) is 8.44. The smallest absolute Gasteiger partial charge is 0.243 e. The van der Waals surface area contributed by atoms with Crippen LogP contribution in [0, 0.1) is 0 Å². The topological polar surface area (TPSA) is 57.7 Å². The first-order chi connectivity index (χ1) is 10.6. The van der Waals surface area contributed by atoms with E-state index in [2.05, 4.69) is 0 Å². The summed E-state index contributed by atoms with van der Waals surface area (Å²) in [7, 11) is -3.61. The van der Waals surface area contributed by atoms with Gasteiger partial charge in [0.2, 0.25) is 15.9 Å². The first kappa shape index (κ1) is 14.7. The van der Waals surface area contributed by atoms with Crippen molar-refractivity contribution in [3.63, 3.8) is 0 Å². The van der Waals surface area contributed by atoms with Gasteiger partial charge in [-0.15, -0.1) is 0 Å². The molecular formula is C16H16N2O3S. The van der Waals surface area contributed by atoms with Crippen molar-refractivity contribution >= 4 is 21.6 Å². The molecule has 1 heterocycles. The quantitative estimate of drug-likeness (QED) is 0.866. The van der Waals surface area contributed by atoms with Crippen molar-refractivity contribution in [3.05, 3.63) is 60.7 Å². The van der Waals surface area contributed by atoms with Gasteiger partial charge in [0.15, 0.2) is 0 Å². The van der Waals surface area contributed by atoms with Crippen molar-refractivity contribution in [1.82, 2.24) is 4.31 Å². The predicted molar refractivity (Wildman–Crippen MR) is 84.0 cm³/mol. The van der Waals surface area contributed by atoms with E-state index < -0.39 is 10.0 Å². The molecule has 1 amide bonds. The number of piperazine rings is 1. The van der Waals surface area contributed by atoms with E-state index in [1.54, 1.807) is 35.2 Å². The van der Waals surface area contributed by atoms with Crippen molar-refractivity contribution in [2.45, 2.75) is 4.90 Å². The number of sulfonamides is 1. The molecule has 0 saturated carbocycles. The molecule has 0 radical (unpaired) electrons. The Labute approximate surface area is 129 Å². The molecule has 1 aliphatic rings. The number of anilines is 1. The van der Waals surface area contributed by atoms with E-state index in [0.29, 0.717) is 6.54 Å². The lowest BCUT2D eigenvalue weighted by atomic mass is 10.2. The molecular weight excluding hydrogens is 300 g/mol. The molecule has 1 saturated heterocycles. The van der Waals surface area contributed by atoms with Crippen LogP contribution in [0.15, 0.2) is 65.6 Å². The Morgan fingerprint density at radius 1 is 0.818 bits per heavy atom. The fourth-order valence-electron chi connectivity index (χ4n) is 2.48. The molecule has 0 unspecified atom stereocenters. The molecule has 6 heteroatoms. The SMILES string of the molecule is O=C1CN(S(=O)(=O)c2ccccc2)CCN1c1ccccc1. The second kappa shape index (κ2) is 5.90. The predicted octanol–water partition coefficient (Wildman–Crippen LogP) is 1.72. The number of amides is 1. The molecule has 0 N–H and O–H groups in total. The highest BCUT2D eigenvalue weighted by Crippen LogP contribution is 2.21. The van der Waals surface area contributed by atoms with E-state index >= 15 is 0 Å². The van der Waals surface area contributed by atoms with Crippen LogP contribution in [0.1, 0.15) is 0 Å². The summed E-state index contributed by atoms with van der Waals surface area (Å²) in [5, 5.41) is 0. The second-order valence-corrected chi connectivity index (χ2v) is 6.97. The van der Waals surface area contributed by atoms with Gasteiger partial charge in [-0.05, 0) is 24.3 Å². The molecule has 22 heavy (non-hydrogen) atoms. The number of para-hydroxylation sites is 1. The van der Waals surface area contributed by atoms with E-state index in [4.69, 9.17) is 0 Å². The largest absolute Gasteiger partial charge is 0.310 e. The van der Waals surface area contributed by atoms with Gasteiger partial charge in [-0.2, -0.15) is 4.31 Å². The Hall–Kier alpha value is -2.18. The molecule has 0 atom stereocenters. The van der Waals surface area contributed by atoms with Gasteiger partial charge in [0, 0.05) is 18.8 Å². The highest BCUT2D eigenvalue weighted by atomic mass is 32.2. The van der Waals surface area contributed by atoms with Gasteiger partial charge in [0.25, 0.3) is 0 Å². The van der Waals surface area contributed by atoms with Crippen LogP contribution in [0.25, 0.3) is 0 Å². The molecule has 1 fully saturated rings. The zero-order valence-electron chi connectivity index (χ0n) is 11.9. The van der Waals surface area contributed by atoms with E-state index in [9.17, 15) is 13.2 Å². The molecule has 2 aromatic carbocycles. The number of hydrogen-bond acceptors (Lipinski definition) is 3. The number of carbonyl (C=O) groups excluding carboxylic acids is 1. The van der Waals surface area contributed by atoms with Gasteiger partial charge in [-0.3, -0.25) is 4.79 Å². The van der Waals surface area contributed by atoms with Crippen LogP contribution >= 0.6 is 0 Å². The minimum atomic E-state index is -3.61. The van der Waals surface area contributed by atoms with E-state index in [1.165, 1.54) is 4.31 Å². The zero-order chi connectivity index (χ0) is 15.6. The Morgan fingerprint density at radius 3 is 2.00 bits per heavy atom. The average Bonchev–Trinajstić information content (AvgIpc) is 2.56. The summed E-state index contributed by atoms with van der Waals surface area (Å²) in [5.74, 6) is -0.211. The highest BCUT2D eigenvalue weighted by molar-refractivity contribution is 7.89. The normalized spacial score (nSPS) is 16.7. The number of hydrogen-bond donors (Lipinski definition) is 0. The zero-order valence-corrected chi connectivity index (χ0v) is 12.7. The average molecular weight is 316 g/mol. The van der Waals surface area contributed by atoms with Crippen LogP contribution < -0.4 is 4.90 Å². The second-order valence-electron chi connectivity index (χ2n) is 5.03. The van der Waals surface area contributed by atoms with Crippen molar-refractivity contribution in [3.8, 4) is 0 Å². The van der Waals surface area contributed by atoms with Crippen LogP contribution in [-0.4, -0.2) is 38.3 Å². The first-order valence-electron chi connectivity index (χ1n) is 6.99. The van der Waals surface area contributed by atoms with E-state index in [1.807, 2.05) is 30.3 Å². The molecule has 3 rings (SSSR count). The lowest BCUT2D eigenvalue weighted by Gasteiger charge is -2.33. The van der Waals surface area contributed by atoms with Crippen LogP contribution in [0.5, 0.6) is 0 Å². The van der Waals surface area contributed by atoms with Gasteiger partial charge in [-0.1, -0.05) is 36.4 Å². The summed E-state index contributed by atoms with van der Waals surface area (Å²) in [6, 6.07) is 17.5. The Kier molecular flexibility index (Phi) is 3.96. The van der Waals surface area contributed by atoms with Gasteiger partial charge in [0.1, 0.15) is 0 Å². The third kappa shape index (κ3) is 2.75. The summed E-state index contributed by atoms with van der Waals surface area (Å²) in [5.41, 5.74) is 0.796. The van der Waals surface area contributed by atoms with Crippen molar-refractivity contribution < 1.29 is 13.2 Å². The number of carbonyl (C=O) groups is 1. The number of nitrogens with zero attached hydrogens (tertiary/aromatic N) is 2. The van der Waals surface area contributed by atoms with Gasteiger partial charge >= 0.3 is 0 Å². The summed E-state index contributed by atoms with van der Waals surface area (Å²) in [6.07, 6.45) is 0. The summed E-state index contributed by atoms with van der Waals surface area (Å²) < 4.78 is 26.3. The number of benzene rings is 2. The standard InChI is InChI=1S/C16H16N2O3S/c19-16-13-17(22(20,21)15-9-5-2-6-10-15)11-12-18(16)14-7-3-1-4-8-14/h1-10H,11-13H2. The lowest BCUT2D eigenvalue weighted by Crippen LogP contribution is -2.52. The van der Waals surface area contributed by atoms with Crippen molar-refractivity contribution in [2.24, 2.45) is 0 Å².